The molecule has 0 spiro atoms. The fourth-order valence-corrected chi connectivity index (χ4v) is 1.65. The van der Waals surface area contributed by atoms with Crippen LogP contribution in [0.2, 0.25) is 0 Å². The van der Waals surface area contributed by atoms with Gasteiger partial charge in [0.1, 0.15) is 0 Å². The van der Waals surface area contributed by atoms with E-state index in [1.54, 1.807) is 32.3 Å². The van der Waals surface area contributed by atoms with Crippen LogP contribution in [0.3, 0.4) is 0 Å². The first kappa shape index (κ1) is 21.1. The maximum absolute atomic E-state index is 11.6. The van der Waals surface area contributed by atoms with Crippen LogP contribution < -0.4 is 10.6 Å². The van der Waals surface area contributed by atoms with E-state index < -0.39 is 4.92 Å². The predicted molar refractivity (Wildman–Crippen MR) is 100 cm³/mol. The van der Waals surface area contributed by atoms with Gasteiger partial charge in [0.05, 0.1) is 23.6 Å². The van der Waals surface area contributed by atoms with E-state index in [0.717, 1.165) is 0 Å². The van der Waals surface area contributed by atoms with E-state index in [1.165, 1.54) is 11.0 Å². The molecule has 9 heteroatoms. The Bertz CT molecular complexity index is 563. The zero-order valence-corrected chi connectivity index (χ0v) is 15.7. The van der Waals surface area contributed by atoms with Crippen LogP contribution >= 0.6 is 24.0 Å². The summed E-state index contributed by atoms with van der Waals surface area (Å²) in [5, 5.41) is 16.9. The maximum atomic E-state index is 11.6. The third-order valence-electron chi connectivity index (χ3n) is 2.85. The van der Waals surface area contributed by atoms with Gasteiger partial charge in [-0.1, -0.05) is 18.2 Å². The summed E-state index contributed by atoms with van der Waals surface area (Å²) in [5.74, 6) is 0.354. The number of likely N-dealkylation sites (N-methyl/N-ethyl adjacent to an activating group) is 1. The molecule has 1 rings (SSSR count). The number of amides is 1. The summed E-state index contributed by atoms with van der Waals surface area (Å²) in [7, 11) is 3.34. The number of nitro groups is 1. The Morgan fingerprint density at radius 3 is 2.52 bits per heavy atom. The molecule has 1 aromatic carbocycles. The minimum absolute atomic E-state index is 0. The molecule has 0 aliphatic heterocycles. The Kier molecular flexibility index (Phi) is 9.86. The van der Waals surface area contributed by atoms with Crippen LogP contribution in [0.25, 0.3) is 0 Å². The lowest BCUT2D eigenvalue weighted by atomic mass is 10.2. The van der Waals surface area contributed by atoms with Gasteiger partial charge < -0.3 is 15.5 Å². The van der Waals surface area contributed by atoms with Gasteiger partial charge in [-0.05, 0) is 6.92 Å². The molecule has 0 bridgehead atoms. The highest BCUT2D eigenvalue weighted by Gasteiger charge is 2.12. The van der Waals surface area contributed by atoms with Gasteiger partial charge in [0.25, 0.3) is 5.69 Å². The number of aliphatic imine (C=N–C) groups is 1. The SMILES string of the molecule is CCNC(=NCc1ccccc1[N+](=O)[O-])NCC(=O)N(C)C.I. The molecule has 0 aliphatic carbocycles. The first-order valence-corrected chi connectivity index (χ1v) is 6.90. The molecule has 0 fully saturated rings. The first-order chi connectivity index (χ1) is 10.5. The second-order valence-corrected chi connectivity index (χ2v) is 4.72. The van der Waals surface area contributed by atoms with Crippen molar-refractivity contribution < 1.29 is 9.72 Å². The summed E-state index contributed by atoms with van der Waals surface area (Å²) in [6.45, 7) is 2.78. The lowest BCUT2D eigenvalue weighted by Crippen LogP contribution is -2.42. The molecule has 1 amide bonds. The van der Waals surface area contributed by atoms with Crippen LogP contribution in [-0.2, 0) is 11.3 Å². The molecule has 23 heavy (non-hydrogen) atoms. The topological polar surface area (TPSA) is 99.9 Å². The van der Waals surface area contributed by atoms with E-state index in [0.29, 0.717) is 18.1 Å². The number of carbonyl (C=O) groups excluding carboxylic acids is 1. The Morgan fingerprint density at radius 2 is 1.96 bits per heavy atom. The number of halogens is 1. The maximum Gasteiger partial charge on any atom is 0.274 e. The molecule has 0 saturated heterocycles. The van der Waals surface area contributed by atoms with Crippen LogP contribution in [0.4, 0.5) is 5.69 Å². The standard InChI is InChI=1S/C14H21N5O3.HI/c1-4-15-14(17-10-13(20)18(2)3)16-9-11-7-5-6-8-12(11)19(21)22;/h5-8H,4,9-10H2,1-3H3,(H2,15,16,17);1H. The third kappa shape index (κ3) is 7.26. The van der Waals surface area contributed by atoms with Gasteiger partial charge in [0, 0.05) is 26.7 Å². The van der Waals surface area contributed by atoms with Gasteiger partial charge >= 0.3 is 0 Å². The molecule has 0 saturated carbocycles. The number of para-hydroxylation sites is 1. The number of rotatable bonds is 6. The van der Waals surface area contributed by atoms with Crippen LogP contribution in [-0.4, -0.2) is 48.9 Å². The predicted octanol–water partition coefficient (Wildman–Crippen LogP) is 1.36. The number of nitrogens with zero attached hydrogens (tertiary/aromatic N) is 3. The highest BCUT2D eigenvalue weighted by Crippen LogP contribution is 2.18. The minimum atomic E-state index is -0.430. The fourth-order valence-electron chi connectivity index (χ4n) is 1.65. The van der Waals surface area contributed by atoms with Crippen molar-refractivity contribution in [2.75, 3.05) is 27.2 Å². The number of nitrogens with one attached hydrogen (secondary N) is 2. The van der Waals surface area contributed by atoms with Crippen molar-refractivity contribution >= 4 is 41.5 Å². The highest BCUT2D eigenvalue weighted by molar-refractivity contribution is 14.0. The third-order valence-corrected chi connectivity index (χ3v) is 2.85. The monoisotopic (exact) mass is 435 g/mol. The number of benzene rings is 1. The molecular formula is C14H22IN5O3. The van der Waals surface area contributed by atoms with E-state index in [1.807, 2.05) is 6.92 Å². The van der Waals surface area contributed by atoms with Crippen LogP contribution in [0.5, 0.6) is 0 Å². The van der Waals surface area contributed by atoms with Crippen molar-refractivity contribution in [2.45, 2.75) is 13.5 Å². The number of nitro benzene ring substituents is 1. The van der Waals surface area contributed by atoms with Crippen molar-refractivity contribution in [1.29, 1.82) is 0 Å². The van der Waals surface area contributed by atoms with Gasteiger partial charge in [0.2, 0.25) is 5.91 Å². The number of hydrogen-bond acceptors (Lipinski definition) is 4. The second kappa shape index (κ2) is 10.8. The van der Waals surface area contributed by atoms with Crippen molar-refractivity contribution in [3.05, 3.63) is 39.9 Å². The normalized spacial score (nSPS) is 10.5. The van der Waals surface area contributed by atoms with E-state index >= 15 is 0 Å². The Balaban J connectivity index is 0.00000484. The quantitative estimate of drug-likeness (QED) is 0.231. The van der Waals surface area contributed by atoms with E-state index in [4.69, 9.17) is 0 Å². The first-order valence-electron chi connectivity index (χ1n) is 6.90. The Labute approximate surface area is 152 Å². The lowest BCUT2D eigenvalue weighted by Gasteiger charge is -2.14. The van der Waals surface area contributed by atoms with Gasteiger partial charge in [0.15, 0.2) is 5.96 Å². The van der Waals surface area contributed by atoms with Gasteiger partial charge in [-0.2, -0.15) is 0 Å². The summed E-state index contributed by atoms with van der Waals surface area (Å²) in [6.07, 6.45) is 0. The molecule has 2 N–H and O–H groups in total. The zero-order valence-electron chi connectivity index (χ0n) is 13.4. The summed E-state index contributed by atoms with van der Waals surface area (Å²) in [5.41, 5.74) is 0.551. The average Bonchev–Trinajstić information content (AvgIpc) is 2.49. The summed E-state index contributed by atoms with van der Waals surface area (Å²) in [4.78, 5) is 27.8. The number of carbonyl (C=O) groups is 1. The van der Waals surface area contributed by atoms with Crippen molar-refractivity contribution in [3.63, 3.8) is 0 Å². The number of hydrogen-bond donors (Lipinski definition) is 2. The molecular weight excluding hydrogens is 413 g/mol. The molecule has 128 valence electrons. The number of guanidine groups is 1. The zero-order chi connectivity index (χ0) is 16.5. The Hall–Kier alpha value is -1.91. The van der Waals surface area contributed by atoms with Crippen LogP contribution in [0, 0.1) is 10.1 Å². The second-order valence-electron chi connectivity index (χ2n) is 4.72. The van der Waals surface area contributed by atoms with Crippen molar-refractivity contribution in [3.8, 4) is 0 Å². The van der Waals surface area contributed by atoms with Gasteiger partial charge in [-0.3, -0.25) is 14.9 Å². The van der Waals surface area contributed by atoms with Crippen LogP contribution in [0.15, 0.2) is 29.3 Å². The largest absolute Gasteiger partial charge is 0.357 e. The summed E-state index contributed by atoms with van der Waals surface area (Å²) >= 11 is 0. The van der Waals surface area contributed by atoms with Crippen molar-refractivity contribution in [1.82, 2.24) is 15.5 Å². The van der Waals surface area contributed by atoms with Crippen molar-refractivity contribution in [2.24, 2.45) is 4.99 Å². The summed E-state index contributed by atoms with van der Waals surface area (Å²) < 4.78 is 0. The van der Waals surface area contributed by atoms with Crippen LogP contribution in [0.1, 0.15) is 12.5 Å². The lowest BCUT2D eigenvalue weighted by molar-refractivity contribution is -0.385. The molecule has 0 unspecified atom stereocenters. The van der Waals surface area contributed by atoms with E-state index in [2.05, 4.69) is 15.6 Å². The highest BCUT2D eigenvalue weighted by atomic mass is 127. The smallest absolute Gasteiger partial charge is 0.274 e. The van der Waals surface area contributed by atoms with E-state index in [-0.39, 0.29) is 48.7 Å². The molecule has 0 heterocycles. The average molecular weight is 435 g/mol. The summed E-state index contributed by atoms with van der Waals surface area (Å²) in [6, 6.07) is 6.45. The fraction of sp³-hybridized carbons (Fsp3) is 0.429. The molecule has 0 radical (unpaired) electrons. The molecule has 1 aromatic rings. The van der Waals surface area contributed by atoms with E-state index in [9.17, 15) is 14.9 Å². The molecule has 0 aliphatic rings. The minimum Gasteiger partial charge on any atom is -0.357 e. The molecule has 0 aromatic heterocycles. The molecule has 0 atom stereocenters. The van der Waals surface area contributed by atoms with Gasteiger partial charge in [-0.25, -0.2) is 4.99 Å². The Morgan fingerprint density at radius 1 is 1.30 bits per heavy atom. The van der Waals surface area contributed by atoms with Gasteiger partial charge in [-0.15, -0.1) is 24.0 Å². The molecule has 8 nitrogen and oxygen atoms in total.